The van der Waals surface area contributed by atoms with Gasteiger partial charge in [-0.15, -0.1) is 0 Å². The monoisotopic (exact) mass is 519 g/mol. The number of rotatable bonds is 5. The second-order valence-electron chi connectivity index (χ2n) is 10.2. The summed E-state index contributed by atoms with van der Waals surface area (Å²) in [5.74, 6) is 0.822. The standard InChI is InChI=1S/C33H33N3O3/c1-22(23-9-5-3-6-10-23)34-33(37)36-18-17-30-28(20-36)29-21-39-31(24-11-7-4-8-12-24)19-27(29)32(35-30)25-13-15-26(38-2)16-14-25/h3-16,22,31H,17-21H2,1-2H3,(H,34,37)/t22-,31+/m0/s1. The van der Waals surface area contributed by atoms with E-state index in [1.54, 1.807) is 7.11 Å². The van der Waals surface area contributed by atoms with Crippen LogP contribution < -0.4 is 10.1 Å². The van der Waals surface area contributed by atoms with Gasteiger partial charge in [0.15, 0.2) is 0 Å². The number of amides is 2. The molecule has 198 valence electrons. The normalized spacial score (nSPS) is 17.1. The number of benzene rings is 3. The van der Waals surface area contributed by atoms with Gasteiger partial charge in [0.05, 0.1) is 31.6 Å². The van der Waals surface area contributed by atoms with Crippen molar-refractivity contribution in [1.82, 2.24) is 15.2 Å². The number of hydrogen-bond donors (Lipinski definition) is 1. The van der Waals surface area contributed by atoms with Crippen LogP contribution in [0.2, 0.25) is 0 Å². The summed E-state index contributed by atoms with van der Waals surface area (Å²) in [4.78, 5) is 20.4. The van der Waals surface area contributed by atoms with Gasteiger partial charge in [-0.25, -0.2) is 4.79 Å². The maximum Gasteiger partial charge on any atom is 0.318 e. The number of ether oxygens (including phenoxy) is 2. The molecule has 3 heterocycles. The van der Waals surface area contributed by atoms with E-state index in [0.717, 1.165) is 45.8 Å². The molecule has 6 rings (SSSR count). The van der Waals surface area contributed by atoms with Gasteiger partial charge in [0.2, 0.25) is 0 Å². The average molecular weight is 520 g/mol. The van der Waals surface area contributed by atoms with Gasteiger partial charge in [-0.05, 0) is 59.0 Å². The van der Waals surface area contributed by atoms with Crippen LogP contribution >= 0.6 is 0 Å². The number of pyridine rings is 1. The van der Waals surface area contributed by atoms with Crippen molar-refractivity contribution in [3.05, 3.63) is 118 Å². The molecular formula is C33H33N3O3. The first-order chi connectivity index (χ1) is 19.1. The van der Waals surface area contributed by atoms with E-state index >= 15 is 0 Å². The van der Waals surface area contributed by atoms with Crippen molar-refractivity contribution >= 4 is 6.03 Å². The van der Waals surface area contributed by atoms with Crippen LogP contribution in [0.5, 0.6) is 5.75 Å². The fraction of sp³-hybridized carbons (Fsp3) is 0.273. The number of nitrogens with one attached hydrogen (secondary N) is 1. The molecule has 0 fully saturated rings. The summed E-state index contributed by atoms with van der Waals surface area (Å²) >= 11 is 0. The number of aromatic nitrogens is 1. The zero-order valence-corrected chi connectivity index (χ0v) is 22.4. The summed E-state index contributed by atoms with van der Waals surface area (Å²) < 4.78 is 11.8. The second-order valence-corrected chi connectivity index (χ2v) is 10.2. The third-order valence-electron chi connectivity index (χ3n) is 7.86. The summed E-state index contributed by atoms with van der Waals surface area (Å²) in [6, 6.07) is 28.4. The van der Waals surface area contributed by atoms with Gasteiger partial charge >= 0.3 is 6.03 Å². The molecule has 1 N–H and O–H groups in total. The Bertz CT molecular complexity index is 1460. The van der Waals surface area contributed by atoms with E-state index in [1.165, 1.54) is 11.1 Å². The highest BCUT2D eigenvalue weighted by atomic mass is 16.5. The SMILES string of the molecule is COc1ccc(-c2nc3c(c4c2C[C@H](c2ccccc2)OC4)CN(C(=O)N[C@@H](C)c2ccccc2)CC3)cc1. The molecule has 0 unspecified atom stereocenters. The van der Waals surface area contributed by atoms with Crippen molar-refractivity contribution in [1.29, 1.82) is 0 Å². The molecule has 2 amide bonds. The summed E-state index contributed by atoms with van der Waals surface area (Å²) in [5.41, 5.74) is 8.89. The van der Waals surface area contributed by atoms with E-state index in [1.807, 2.05) is 60.4 Å². The van der Waals surface area contributed by atoms with Gasteiger partial charge in [-0.1, -0.05) is 60.7 Å². The lowest BCUT2D eigenvalue weighted by Crippen LogP contribution is -2.44. The van der Waals surface area contributed by atoms with Crippen molar-refractivity contribution in [3.63, 3.8) is 0 Å². The Labute approximate surface area is 229 Å². The lowest BCUT2D eigenvalue weighted by Gasteiger charge is -2.35. The van der Waals surface area contributed by atoms with E-state index in [-0.39, 0.29) is 18.2 Å². The molecule has 0 bridgehead atoms. The first kappa shape index (κ1) is 25.1. The first-order valence-electron chi connectivity index (χ1n) is 13.6. The highest BCUT2D eigenvalue weighted by Gasteiger charge is 2.32. The molecule has 2 aliphatic heterocycles. The van der Waals surface area contributed by atoms with Crippen molar-refractivity contribution in [3.8, 4) is 17.0 Å². The molecule has 6 heteroatoms. The number of hydrogen-bond acceptors (Lipinski definition) is 4. The summed E-state index contributed by atoms with van der Waals surface area (Å²) in [6.45, 7) is 3.67. The van der Waals surface area contributed by atoms with Crippen molar-refractivity contribution in [2.24, 2.45) is 0 Å². The topological polar surface area (TPSA) is 63.7 Å². The summed E-state index contributed by atoms with van der Waals surface area (Å²) in [7, 11) is 1.68. The van der Waals surface area contributed by atoms with Crippen LogP contribution in [-0.4, -0.2) is 29.6 Å². The highest BCUT2D eigenvalue weighted by Crippen LogP contribution is 2.39. The molecule has 1 aromatic heterocycles. The van der Waals surface area contributed by atoms with E-state index in [9.17, 15) is 4.79 Å². The van der Waals surface area contributed by atoms with Crippen LogP contribution in [0, 0.1) is 0 Å². The number of methoxy groups -OCH3 is 1. The van der Waals surface area contributed by atoms with Crippen LogP contribution in [0.15, 0.2) is 84.9 Å². The molecule has 6 nitrogen and oxygen atoms in total. The lowest BCUT2D eigenvalue weighted by molar-refractivity contribution is 0.0263. The first-order valence-corrected chi connectivity index (χ1v) is 13.6. The Kier molecular flexibility index (Phi) is 7.03. The molecule has 4 aromatic rings. The van der Waals surface area contributed by atoms with Crippen LogP contribution in [0.25, 0.3) is 11.3 Å². The van der Waals surface area contributed by atoms with E-state index in [0.29, 0.717) is 26.1 Å². The van der Waals surface area contributed by atoms with Crippen LogP contribution in [-0.2, 0) is 30.7 Å². The number of nitrogens with zero attached hydrogens (tertiary/aromatic N) is 2. The Morgan fingerprint density at radius 1 is 0.974 bits per heavy atom. The smallest absolute Gasteiger partial charge is 0.318 e. The average Bonchev–Trinajstić information content (AvgIpc) is 3.01. The Morgan fingerprint density at radius 2 is 1.69 bits per heavy atom. The lowest BCUT2D eigenvalue weighted by atomic mass is 9.87. The van der Waals surface area contributed by atoms with Crippen LogP contribution in [0.1, 0.15) is 52.6 Å². The Morgan fingerprint density at radius 3 is 2.41 bits per heavy atom. The highest BCUT2D eigenvalue weighted by molar-refractivity contribution is 5.75. The van der Waals surface area contributed by atoms with Gasteiger partial charge < -0.3 is 19.7 Å². The van der Waals surface area contributed by atoms with Crippen LogP contribution in [0.4, 0.5) is 4.79 Å². The number of fused-ring (bicyclic) bond motifs is 3. The third-order valence-corrected chi connectivity index (χ3v) is 7.86. The van der Waals surface area contributed by atoms with E-state index < -0.39 is 0 Å². The number of urea groups is 1. The zero-order chi connectivity index (χ0) is 26.8. The van der Waals surface area contributed by atoms with Gasteiger partial charge in [-0.3, -0.25) is 4.98 Å². The predicted octanol–water partition coefficient (Wildman–Crippen LogP) is 6.40. The largest absolute Gasteiger partial charge is 0.497 e. The van der Waals surface area contributed by atoms with Crippen LogP contribution in [0.3, 0.4) is 0 Å². The maximum absolute atomic E-state index is 13.3. The fourth-order valence-corrected chi connectivity index (χ4v) is 5.64. The summed E-state index contributed by atoms with van der Waals surface area (Å²) in [6.07, 6.45) is 1.41. The van der Waals surface area contributed by atoms with E-state index in [2.05, 4.69) is 41.7 Å². The quantitative estimate of drug-likeness (QED) is 0.331. The number of carbonyl (C=O) groups excluding carboxylic acids is 1. The Hall–Kier alpha value is -4.16. The molecule has 0 saturated carbocycles. The van der Waals surface area contributed by atoms with Crippen molar-refractivity contribution < 1.29 is 14.3 Å². The van der Waals surface area contributed by atoms with Gasteiger partial charge in [0.1, 0.15) is 5.75 Å². The minimum atomic E-state index is -0.0699. The molecule has 0 saturated heterocycles. The molecule has 0 spiro atoms. The minimum Gasteiger partial charge on any atom is -0.497 e. The third kappa shape index (κ3) is 5.12. The fourth-order valence-electron chi connectivity index (χ4n) is 5.64. The van der Waals surface area contributed by atoms with Gasteiger partial charge in [-0.2, -0.15) is 0 Å². The molecule has 2 atom stereocenters. The van der Waals surface area contributed by atoms with E-state index in [4.69, 9.17) is 14.5 Å². The maximum atomic E-state index is 13.3. The Balaban J connectivity index is 1.33. The van der Waals surface area contributed by atoms with Crippen molar-refractivity contribution in [2.75, 3.05) is 13.7 Å². The molecule has 39 heavy (non-hydrogen) atoms. The second kappa shape index (κ2) is 10.9. The predicted molar refractivity (Wildman–Crippen MR) is 151 cm³/mol. The minimum absolute atomic E-state index is 0.0368. The van der Waals surface area contributed by atoms with Gasteiger partial charge in [0, 0.05) is 37.2 Å². The molecule has 2 aliphatic rings. The number of carbonyl (C=O) groups is 1. The van der Waals surface area contributed by atoms with Crippen molar-refractivity contribution in [2.45, 2.75) is 45.1 Å². The molecule has 3 aromatic carbocycles. The molecule has 0 aliphatic carbocycles. The molecular weight excluding hydrogens is 486 g/mol. The van der Waals surface area contributed by atoms with Gasteiger partial charge in [0.25, 0.3) is 0 Å². The summed E-state index contributed by atoms with van der Waals surface area (Å²) in [5, 5.41) is 3.18. The zero-order valence-electron chi connectivity index (χ0n) is 22.4. The molecule has 0 radical (unpaired) electrons.